The fourth-order valence-electron chi connectivity index (χ4n) is 7.06. The number of anilines is 1. The first-order valence-electron chi connectivity index (χ1n) is 14.3. The fourth-order valence-corrected chi connectivity index (χ4v) is 10.1. The molecule has 0 unspecified atom stereocenters. The van der Waals surface area contributed by atoms with E-state index >= 15 is 0 Å². The molecule has 3 aromatic carbocycles. The van der Waals surface area contributed by atoms with Crippen LogP contribution in [0.2, 0.25) is 13.1 Å². The third-order valence-corrected chi connectivity index (χ3v) is 13.9. The monoisotopic (exact) mass is 531 g/mol. The topological polar surface area (TPSA) is 6.25 Å². The zero-order valence-corrected chi connectivity index (χ0v) is 26.7. The molecule has 0 aliphatic carbocycles. The predicted octanol–water partition coefficient (Wildman–Crippen LogP) is 5.33. The number of hydrogen-bond acceptors (Lipinski definition) is 1. The van der Waals surface area contributed by atoms with Gasteiger partial charge < -0.3 is 4.90 Å². The smallest absolute Gasteiger partial charge is 0.207 e. The number of benzene rings is 3. The summed E-state index contributed by atoms with van der Waals surface area (Å²) in [5.74, 6) is 0. The standard InChI is InChI=1S/C36H43N2Si/c1-22-14-12-13-15-26(22)34-28-17-25-16-24(3)36(6,7)38(9)30(25)19-32(28)39(10,11)33-20-31-27(18-29(33)34)23(2)21-35(4,5)37(31)8/h12-21H,1-11H3/q+1. The number of rotatable bonds is 1. The second-order valence-corrected chi connectivity index (χ2v) is 18.0. The zero-order valence-electron chi connectivity index (χ0n) is 25.7. The molecule has 3 aliphatic rings. The maximum Gasteiger partial charge on any atom is 0.207 e. The van der Waals surface area contributed by atoms with E-state index in [0.717, 1.165) is 0 Å². The van der Waals surface area contributed by atoms with Crippen molar-refractivity contribution in [3.8, 4) is 0 Å². The van der Waals surface area contributed by atoms with Crippen LogP contribution in [0.1, 0.15) is 69.4 Å². The van der Waals surface area contributed by atoms with Crippen molar-refractivity contribution in [2.75, 3.05) is 19.0 Å². The molecule has 0 N–H and O–H groups in total. The zero-order chi connectivity index (χ0) is 28.2. The van der Waals surface area contributed by atoms with Gasteiger partial charge in [0.25, 0.3) is 0 Å². The summed E-state index contributed by atoms with van der Waals surface area (Å²) in [4.78, 5) is 2.47. The molecule has 200 valence electrons. The number of allylic oxidation sites excluding steroid dienone is 1. The Balaban J connectivity index is 1.82. The molecule has 2 nitrogen and oxygen atoms in total. The Morgan fingerprint density at radius 1 is 0.821 bits per heavy atom. The largest absolute Gasteiger partial charge is 0.366 e. The molecule has 3 aliphatic heterocycles. The van der Waals surface area contributed by atoms with Gasteiger partial charge in [0, 0.05) is 43.8 Å². The Kier molecular flexibility index (Phi) is 5.46. The lowest BCUT2D eigenvalue weighted by Crippen LogP contribution is -2.64. The van der Waals surface area contributed by atoms with E-state index in [2.05, 4.69) is 146 Å². The van der Waals surface area contributed by atoms with Crippen molar-refractivity contribution in [3.05, 3.63) is 98.6 Å². The fraction of sp³-hybridized carbons (Fsp3) is 0.361. The first-order chi connectivity index (χ1) is 18.2. The molecular weight excluding hydrogens is 488 g/mol. The Hall–Kier alpha value is -3.17. The van der Waals surface area contributed by atoms with E-state index in [1.165, 1.54) is 60.8 Å². The predicted molar refractivity (Wildman–Crippen MR) is 173 cm³/mol. The minimum absolute atomic E-state index is 0.000694. The molecule has 3 aromatic rings. The third kappa shape index (κ3) is 3.55. The van der Waals surface area contributed by atoms with Gasteiger partial charge in [-0.05, 0) is 108 Å². The van der Waals surface area contributed by atoms with E-state index < -0.39 is 8.07 Å². The average molecular weight is 532 g/mol. The maximum atomic E-state index is 2.56. The van der Waals surface area contributed by atoms with Gasteiger partial charge in [0.15, 0.2) is 5.54 Å². The molecule has 0 aromatic heterocycles. The van der Waals surface area contributed by atoms with Gasteiger partial charge in [-0.25, -0.2) is 4.58 Å². The van der Waals surface area contributed by atoms with Gasteiger partial charge in [-0.15, -0.1) is 0 Å². The Bertz CT molecular complexity index is 1780. The third-order valence-electron chi connectivity index (χ3n) is 10.4. The van der Waals surface area contributed by atoms with Crippen LogP contribution in [0.15, 0.2) is 60.2 Å². The van der Waals surface area contributed by atoms with Gasteiger partial charge >= 0.3 is 0 Å². The molecule has 0 radical (unpaired) electrons. The number of aryl methyl sites for hydroxylation is 1. The summed E-state index contributed by atoms with van der Waals surface area (Å²) in [6.45, 7) is 21.3. The SMILES string of the molecule is CC1=CC(C)(C)N(C)c2cc3c(cc21)C(c1ccccc1C)=c1cc2c(cc1[Si]3(C)C)=[N+](C)C(C)(C)C(C)=C2. The van der Waals surface area contributed by atoms with E-state index in [9.17, 15) is 0 Å². The summed E-state index contributed by atoms with van der Waals surface area (Å²) >= 11 is 0. The number of hydrogen-bond donors (Lipinski definition) is 0. The van der Waals surface area contributed by atoms with E-state index in [0.29, 0.717) is 0 Å². The van der Waals surface area contributed by atoms with Crippen LogP contribution in [0.3, 0.4) is 0 Å². The van der Waals surface area contributed by atoms with E-state index in [4.69, 9.17) is 0 Å². The number of nitrogens with zero attached hydrogens (tertiary/aromatic N) is 2. The van der Waals surface area contributed by atoms with E-state index in [1.807, 2.05) is 0 Å². The highest BCUT2D eigenvalue weighted by molar-refractivity contribution is 7.01. The van der Waals surface area contributed by atoms with Crippen molar-refractivity contribution in [2.45, 2.75) is 72.6 Å². The van der Waals surface area contributed by atoms with Gasteiger partial charge in [0.05, 0.1) is 5.54 Å². The van der Waals surface area contributed by atoms with Crippen LogP contribution < -0.4 is 30.4 Å². The highest BCUT2D eigenvalue weighted by Gasteiger charge is 2.40. The highest BCUT2D eigenvalue weighted by atomic mass is 28.3. The van der Waals surface area contributed by atoms with Gasteiger partial charge in [0.1, 0.15) is 15.1 Å². The summed E-state index contributed by atoms with van der Waals surface area (Å²) in [5.41, 5.74) is 12.3. The average Bonchev–Trinajstić information content (AvgIpc) is 2.86. The minimum Gasteiger partial charge on any atom is -0.366 e. The van der Waals surface area contributed by atoms with Crippen LogP contribution in [-0.2, 0) is 0 Å². The molecule has 0 amide bonds. The Morgan fingerprint density at radius 2 is 1.51 bits per heavy atom. The minimum atomic E-state index is -2.05. The Morgan fingerprint density at radius 3 is 2.21 bits per heavy atom. The quantitative estimate of drug-likeness (QED) is 0.304. The van der Waals surface area contributed by atoms with Gasteiger partial charge in [-0.3, -0.25) is 0 Å². The lowest BCUT2D eigenvalue weighted by atomic mass is 9.85. The van der Waals surface area contributed by atoms with Crippen molar-refractivity contribution < 1.29 is 0 Å². The number of fused-ring (bicyclic) bond motifs is 4. The highest BCUT2D eigenvalue weighted by Crippen LogP contribution is 2.40. The molecule has 39 heavy (non-hydrogen) atoms. The molecule has 0 fully saturated rings. The van der Waals surface area contributed by atoms with Crippen LogP contribution in [0.4, 0.5) is 5.69 Å². The summed E-state index contributed by atoms with van der Waals surface area (Å²) < 4.78 is 2.49. The normalized spacial score (nSPS) is 19.9. The number of likely N-dealkylation sites (N-methyl/N-ethyl adjacent to an activating group) is 2. The van der Waals surface area contributed by atoms with Gasteiger partial charge in [-0.2, -0.15) is 0 Å². The molecule has 0 saturated heterocycles. The second kappa shape index (κ2) is 8.17. The molecule has 0 saturated carbocycles. The second-order valence-electron chi connectivity index (χ2n) is 13.7. The van der Waals surface area contributed by atoms with Crippen molar-refractivity contribution in [1.82, 2.24) is 4.58 Å². The summed E-state index contributed by atoms with van der Waals surface area (Å²) in [6.07, 6.45) is 4.85. The molecule has 6 rings (SSSR count). The van der Waals surface area contributed by atoms with Crippen LogP contribution in [0, 0.1) is 6.92 Å². The molecule has 3 heterocycles. The maximum absolute atomic E-state index is 2.56. The first kappa shape index (κ1) is 26.1. The van der Waals surface area contributed by atoms with Gasteiger partial charge in [-0.1, -0.05) is 43.4 Å². The van der Waals surface area contributed by atoms with Crippen LogP contribution in [0.25, 0.3) is 17.2 Å². The van der Waals surface area contributed by atoms with Crippen molar-refractivity contribution in [3.63, 3.8) is 0 Å². The van der Waals surface area contributed by atoms with Crippen molar-refractivity contribution >= 4 is 41.4 Å². The van der Waals surface area contributed by atoms with Crippen molar-refractivity contribution in [1.29, 1.82) is 0 Å². The van der Waals surface area contributed by atoms with Gasteiger partial charge in [0.2, 0.25) is 5.36 Å². The van der Waals surface area contributed by atoms with Crippen LogP contribution in [-0.4, -0.2) is 33.2 Å². The molecular formula is C36H43N2Si+. The van der Waals surface area contributed by atoms with Crippen LogP contribution in [0.5, 0.6) is 0 Å². The summed E-state index contributed by atoms with van der Waals surface area (Å²) in [5, 5.41) is 5.88. The summed E-state index contributed by atoms with van der Waals surface area (Å²) in [7, 11) is 2.48. The summed E-state index contributed by atoms with van der Waals surface area (Å²) in [6, 6.07) is 19.1. The molecule has 3 heteroatoms. The van der Waals surface area contributed by atoms with Crippen LogP contribution >= 0.6 is 0 Å². The lowest BCUT2D eigenvalue weighted by molar-refractivity contribution is 0.417. The van der Waals surface area contributed by atoms with E-state index in [-0.39, 0.29) is 11.1 Å². The first-order valence-corrected chi connectivity index (χ1v) is 17.3. The molecule has 0 atom stereocenters. The molecule has 0 spiro atoms. The van der Waals surface area contributed by atoms with Crippen molar-refractivity contribution in [2.24, 2.45) is 0 Å². The molecule has 0 bridgehead atoms. The van der Waals surface area contributed by atoms with E-state index in [1.54, 1.807) is 10.4 Å². The lowest BCUT2D eigenvalue weighted by Gasteiger charge is -2.43. The Labute approximate surface area is 235 Å².